The Morgan fingerprint density at radius 3 is 2.33 bits per heavy atom. The summed E-state index contributed by atoms with van der Waals surface area (Å²) in [5, 5.41) is 12.6. The molecule has 0 unspecified atom stereocenters. The summed E-state index contributed by atoms with van der Waals surface area (Å²) in [4.78, 5) is 15.2. The largest absolute Gasteiger partial charge is 0.508 e. The number of carbonyl (C=O) groups is 1. The number of hydrogen-bond acceptors (Lipinski definition) is 3. The lowest BCUT2D eigenvalue weighted by Gasteiger charge is -2.31. The van der Waals surface area contributed by atoms with Gasteiger partial charge in [0.2, 0.25) is 5.91 Å². The number of amides is 1. The van der Waals surface area contributed by atoms with Crippen LogP contribution in [0, 0.1) is 0 Å². The SMILES string of the molecule is C[C@@H](C(=O)Nc1ccccc1-c1ccccc1)N1CC=C(c2ccc(O)cc2)CC1. The average Bonchev–Trinajstić information content (AvgIpc) is 2.80. The fourth-order valence-corrected chi connectivity index (χ4v) is 3.84. The molecule has 0 saturated carbocycles. The van der Waals surface area contributed by atoms with E-state index in [9.17, 15) is 9.90 Å². The second-order valence-corrected chi connectivity index (χ2v) is 7.60. The van der Waals surface area contributed by atoms with E-state index in [1.165, 1.54) is 5.57 Å². The van der Waals surface area contributed by atoms with Crippen LogP contribution in [0.15, 0.2) is 84.9 Å². The standard InChI is InChI=1S/C26H26N2O2/c1-19(28-17-15-21(16-18-28)20-11-13-23(29)14-12-20)26(30)27-25-10-6-5-9-24(25)22-7-3-2-4-8-22/h2-15,19,29H,16-18H2,1H3,(H,27,30)/t19-/m0/s1. The third-order valence-electron chi connectivity index (χ3n) is 5.68. The van der Waals surface area contributed by atoms with Gasteiger partial charge in [0.05, 0.1) is 6.04 Å². The van der Waals surface area contributed by atoms with Crippen LogP contribution in [0.25, 0.3) is 16.7 Å². The molecule has 0 radical (unpaired) electrons. The summed E-state index contributed by atoms with van der Waals surface area (Å²) >= 11 is 0. The zero-order valence-corrected chi connectivity index (χ0v) is 17.1. The number of carbonyl (C=O) groups excluding carboxylic acids is 1. The molecular formula is C26H26N2O2. The minimum Gasteiger partial charge on any atom is -0.508 e. The first-order valence-electron chi connectivity index (χ1n) is 10.3. The van der Waals surface area contributed by atoms with Crippen molar-refractivity contribution in [3.8, 4) is 16.9 Å². The fourth-order valence-electron chi connectivity index (χ4n) is 3.84. The van der Waals surface area contributed by atoms with Gasteiger partial charge in [-0.15, -0.1) is 0 Å². The van der Waals surface area contributed by atoms with E-state index < -0.39 is 0 Å². The van der Waals surface area contributed by atoms with Gasteiger partial charge in [-0.25, -0.2) is 0 Å². The maximum absolute atomic E-state index is 13.0. The molecule has 1 aliphatic heterocycles. The predicted molar refractivity (Wildman–Crippen MR) is 122 cm³/mol. The van der Waals surface area contributed by atoms with Crippen molar-refractivity contribution in [1.82, 2.24) is 4.90 Å². The van der Waals surface area contributed by atoms with E-state index in [4.69, 9.17) is 0 Å². The van der Waals surface area contributed by atoms with Crippen molar-refractivity contribution in [1.29, 1.82) is 0 Å². The lowest BCUT2D eigenvalue weighted by atomic mass is 9.98. The molecule has 0 bridgehead atoms. The number of phenols is 1. The highest BCUT2D eigenvalue weighted by atomic mass is 16.3. The normalized spacial score (nSPS) is 15.3. The van der Waals surface area contributed by atoms with Gasteiger partial charge in [-0.2, -0.15) is 0 Å². The van der Waals surface area contributed by atoms with Crippen LogP contribution in [-0.4, -0.2) is 35.0 Å². The number of rotatable bonds is 5. The summed E-state index contributed by atoms with van der Waals surface area (Å²) < 4.78 is 0. The molecule has 152 valence electrons. The molecule has 0 aliphatic carbocycles. The molecule has 1 atom stereocenters. The van der Waals surface area contributed by atoms with Crippen molar-refractivity contribution in [3.05, 3.63) is 90.5 Å². The Hall–Kier alpha value is -3.37. The van der Waals surface area contributed by atoms with Crippen molar-refractivity contribution < 1.29 is 9.90 Å². The minimum absolute atomic E-state index is 0.000125. The molecule has 4 nitrogen and oxygen atoms in total. The molecule has 1 heterocycles. The van der Waals surface area contributed by atoms with E-state index in [1.54, 1.807) is 12.1 Å². The van der Waals surface area contributed by atoms with Crippen LogP contribution in [-0.2, 0) is 4.79 Å². The number of nitrogens with zero attached hydrogens (tertiary/aromatic N) is 1. The Balaban J connectivity index is 1.44. The lowest BCUT2D eigenvalue weighted by Crippen LogP contribution is -2.44. The molecule has 4 rings (SSSR count). The number of aromatic hydroxyl groups is 1. The van der Waals surface area contributed by atoms with Gasteiger partial charge < -0.3 is 10.4 Å². The number of nitrogens with one attached hydrogen (secondary N) is 1. The van der Waals surface area contributed by atoms with Crippen LogP contribution in [0.4, 0.5) is 5.69 Å². The summed E-state index contributed by atoms with van der Waals surface area (Å²) in [6, 6.07) is 25.1. The number of hydrogen-bond donors (Lipinski definition) is 2. The first-order chi connectivity index (χ1) is 14.6. The number of para-hydroxylation sites is 1. The molecule has 0 aromatic heterocycles. The van der Waals surface area contributed by atoms with Gasteiger partial charge in [0.25, 0.3) is 0 Å². The van der Waals surface area contributed by atoms with Crippen LogP contribution in [0.2, 0.25) is 0 Å². The highest BCUT2D eigenvalue weighted by molar-refractivity contribution is 5.98. The smallest absolute Gasteiger partial charge is 0.241 e. The summed E-state index contributed by atoms with van der Waals surface area (Å²) in [5.74, 6) is 0.276. The van der Waals surface area contributed by atoms with Crippen LogP contribution < -0.4 is 5.32 Å². The monoisotopic (exact) mass is 398 g/mol. The minimum atomic E-state index is -0.230. The first kappa shape index (κ1) is 19.9. The zero-order chi connectivity index (χ0) is 20.9. The Morgan fingerprint density at radius 1 is 0.933 bits per heavy atom. The highest BCUT2D eigenvalue weighted by Crippen LogP contribution is 2.28. The van der Waals surface area contributed by atoms with Crippen LogP contribution in [0.1, 0.15) is 18.9 Å². The van der Waals surface area contributed by atoms with E-state index in [0.717, 1.165) is 41.9 Å². The topological polar surface area (TPSA) is 52.6 Å². The highest BCUT2D eigenvalue weighted by Gasteiger charge is 2.24. The molecule has 30 heavy (non-hydrogen) atoms. The second kappa shape index (κ2) is 8.97. The Bertz CT molecular complexity index is 1040. The molecule has 1 amide bonds. The molecule has 3 aromatic carbocycles. The molecule has 1 aliphatic rings. The molecule has 0 saturated heterocycles. The Kier molecular flexibility index (Phi) is 5.96. The maximum atomic E-state index is 13.0. The average molecular weight is 399 g/mol. The van der Waals surface area contributed by atoms with E-state index in [2.05, 4.69) is 28.4 Å². The predicted octanol–water partition coefficient (Wildman–Crippen LogP) is 5.18. The number of anilines is 1. The van der Waals surface area contributed by atoms with Gasteiger partial charge in [0.1, 0.15) is 5.75 Å². The number of benzene rings is 3. The van der Waals surface area contributed by atoms with Gasteiger partial charge >= 0.3 is 0 Å². The molecule has 0 spiro atoms. The van der Waals surface area contributed by atoms with Gasteiger partial charge in [-0.3, -0.25) is 9.69 Å². The van der Waals surface area contributed by atoms with Gasteiger partial charge in [0.15, 0.2) is 0 Å². The lowest BCUT2D eigenvalue weighted by molar-refractivity contribution is -0.120. The van der Waals surface area contributed by atoms with E-state index in [1.807, 2.05) is 61.5 Å². The van der Waals surface area contributed by atoms with Crippen molar-refractivity contribution in [2.24, 2.45) is 0 Å². The quantitative estimate of drug-likeness (QED) is 0.623. The summed E-state index contributed by atoms with van der Waals surface area (Å²) in [7, 11) is 0. The van der Waals surface area contributed by atoms with Gasteiger partial charge in [-0.1, -0.05) is 66.7 Å². The third-order valence-corrected chi connectivity index (χ3v) is 5.68. The fraction of sp³-hybridized carbons (Fsp3) is 0.192. The van der Waals surface area contributed by atoms with Crippen molar-refractivity contribution >= 4 is 17.2 Å². The van der Waals surface area contributed by atoms with Crippen molar-refractivity contribution in [2.45, 2.75) is 19.4 Å². The number of phenolic OH excluding ortho intramolecular Hbond substituents is 1. The molecule has 4 heteroatoms. The van der Waals surface area contributed by atoms with E-state index in [0.29, 0.717) is 0 Å². The van der Waals surface area contributed by atoms with Gasteiger partial charge in [0, 0.05) is 24.3 Å². The third kappa shape index (κ3) is 4.44. The Morgan fingerprint density at radius 2 is 1.63 bits per heavy atom. The van der Waals surface area contributed by atoms with Crippen LogP contribution in [0.5, 0.6) is 5.75 Å². The second-order valence-electron chi connectivity index (χ2n) is 7.60. The van der Waals surface area contributed by atoms with E-state index in [-0.39, 0.29) is 17.7 Å². The zero-order valence-electron chi connectivity index (χ0n) is 17.1. The van der Waals surface area contributed by atoms with Crippen molar-refractivity contribution in [3.63, 3.8) is 0 Å². The Labute approximate surface area is 177 Å². The van der Waals surface area contributed by atoms with Crippen LogP contribution >= 0.6 is 0 Å². The molecule has 3 aromatic rings. The molecular weight excluding hydrogens is 372 g/mol. The van der Waals surface area contributed by atoms with Crippen LogP contribution in [0.3, 0.4) is 0 Å². The van der Waals surface area contributed by atoms with Gasteiger partial charge in [-0.05, 0) is 48.2 Å². The first-order valence-corrected chi connectivity index (χ1v) is 10.3. The maximum Gasteiger partial charge on any atom is 0.241 e. The summed E-state index contributed by atoms with van der Waals surface area (Å²) in [5.41, 5.74) is 5.32. The summed E-state index contributed by atoms with van der Waals surface area (Å²) in [6.45, 7) is 3.51. The molecule has 0 fully saturated rings. The van der Waals surface area contributed by atoms with Crippen molar-refractivity contribution in [2.75, 3.05) is 18.4 Å². The molecule has 2 N–H and O–H groups in total. The summed E-state index contributed by atoms with van der Waals surface area (Å²) in [6.07, 6.45) is 3.06. The van der Waals surface area contributed by atoms with E-state index >= 15 is 0 Å².